The average molecular weight is 415 g/mol. The Labute approximate surface area is 140 Å². The van der Waals surface area contributed by atoms with Gasteiger partial charge in [-0.2, -0.15) is 0 Å². The average Bonchev–Trinajstić information content (AvgIpc) is 2.59. The standard InChI is InChI=1S/C13H17Cl2N2O.HI/c1-4-16-9(2)17(5-6-18-3)13-8-11(15)10(14)7-12(13)16;/h7-8H,4-6H2,1-3H3;1H/q+1;/p-1. The largest absolute Gasteiger partial charge is 1.00 e. The molecule has 0 saturated heterocycles. The molecule has 0 radical (unpaired) electrons. The van der Waals surface area contributed by atoms with Gasteiger partial charge < -0.3 is 28.7 Å². The van der Waals surface area contributed by atoms with Gasteiger partial charge in [0, 0.05) is 26.2 Å². The number of methoxy groups -OCH3 is 1. The topological polar surface area (TPSA) is 18.0 Å². The van der Waals surface area contributed by atoms with Crippen LogP contribution in [0.25, 0.3) is 11.0 Å². The monoisotopic (exact) mass is 414 g/mol. The molecule has 0 saturated carbocycles. The Balaban J connectivity index is 0.00000180. The van der Waals surface area contributed by atoms with E-state index in [2.05, 4.69) is 23.0 Å². The lowest BCUT2D eigenvalue weighted by atomic mass is 10.3. The number of aryl methyl sites for hydroxylation is 1. The minimum Gasteiger partial charge on any atom is -1.00 e. The third-order valence-electron chi connectivity index (χ3n) is 3.22. The second-order valence-electron chi connectivity index (χ2n) is 4.19. The highest BCUT2D eigenvalue weighted by Crippen LogP contribution is 2.27. The van der Waals surface area contributed by atoms with Crippen LogP contribution in [0.2, 0.25) is 10.0 Å². The zero-order valence-electron chi connectivity index (χ0n) is 11.2. The number of ether oxygens (including phenoxy) is 1. The van der Waals surface area contributed by atoms with Gasteiger partial charge in [-0.25, -0.2) is 9.13 Å². The van der Waals surface area contributed by atoms with Gasteiger partial charge in [-0.15, -0.1) is 0 Å². The minimum absolute atomic E-state index is 0. The molecular weight excluding hydrogens is 398 g/mol. The molecule has 3 nitrogen and oxygen atoms in total. The third kappa shape index (κ3) is 3.17. The van der Waals surface area contributed by atoms with Crippen LogP contribution in [0.5, 0.6) is 0 Å². The Morgan fingerprint density at radius 2 is 1.89 bits per heavy atom. The van der Waals surface area contributed by atoms with Crippen LogP contribution >= 0.6 is 23.2 Å². The van der Waals surface area contributed by atoms with Gasteiger partial charge in [-0.1, -0.05) is 23.2 Å². The van der Waals surface area contributed by atoms with E-state index in [0.717, 1.165) is 24.1 Å². The molecule has 0 unspecified atom stereocenters. The summed E-state index contributed by atoms with van der Waals surface area (Å²) in [4.78, 5) is 0. The van der Waals surface area contributed by atoms with E-state index in [1.165, 1.54) is 5.82 Å². The van der Waals surface area contributed by atoms with Crippen molar-refractivity contribution in [1.29, 1.82) is 0 Å². The van der Waals surface area contributed by atoms with Crippen molar-refractivity contribution in [3.05, 3.63) is 28.0 Å². The van der Waals surface area contributed by atoms with Crippen molar-refractivity contribution in [2.45, 2.75) is 26.9 Å². The summed E-state index contributed by atoms with van der Waals surface area (Å²) < 4.78 is 9.60. The predicted octanol–water partition coefficient (Wildman–Crippen LogP) is 0.214. The molecule has 1 aromatic carbocycles. The lowest BCUT2D eigenvalue weighted by Crippen LogP contribution is -3.00. The first-order valence-corrected chi connectivity index (χ1v) is 6.72. The van der Waals surface area contributed by atoms with Gasteiger partial charge in [0.15, 0.2) is 11.0 Å². The Kier molecular flexibility index (Phi) is 6.36. The summed E-state index contributed by atoms with van der Waals surface area (Å²) in [6.45, 7) is 6.61. The molecule has 2 aromatic rings. The van der Waals surface area contributed by atoms with Crippen LogP contribution < -0.4 is 28.5 Å². The molecule has 0 aliphatic heterocycles. The third-order valence-corrected chi connectivity index (χ3v) is 3.94. The van der Waals surface area contributed by atoms with Crippen LogP contribution in [0.1, 0.15) is 12.7 Å². The molecule has 0 aliphatic carbocycles. The summed E-state index contributed by atoms with van der Waals surface area (Å²) >= 11 is 12.2. The number of halogens is 3. The van der Waals surface area contributed by atoms with E-state index in [1.54, 1.807) is 7.11 Å². The van der Waals surface area contributed by atoms with Crippen molar-refractivity contribution < 1.29 is 33.3 Å². The molecule has 19 heavy (non-hydrogen) atoms. The first-order valence-electron chi connectivity index (χ1n) is 5.96. The number of fused-ring (bicyclic) bond motifs is 1. The van der Waals surface area contributed by atoms with Crippen molar-refractivity contribution in [2.24, 2.45) is 0 Å². The van der Waals surface area contributed by atoms with Gasteiger partial charge >= 0.3 is 0 Å². The first kappa shape index (κ1) is 17.0. The smallest absolute Gasteiger partial charge is 0.254 e. The highest BCUT2D eigenvalue weighted by atomic mass is 127. The van der Waals surface area contributed by atoms with E-state index in [-0.39, 0.29) is 24.0 Å². The molecule has 0 fully saturated rings. The molecule has 2 rings (SSSR count). The number of hydrogen-bond acceptors (Lipinski definition) is 1. The molecule has 106 valence electrons. The highest BCUT2D eigenvalue weighted by molar-refractivity contribution is 6.42. The SMILES string of the molecule is CCn1c(C)[n+](CCOC)c2cc(Cl)c(Cl)cc21.[I-]. The second kappa shape index (κ2) is 7.11. The number of benzene rings is 1. The summed E-state index contributed by atoms with van der Waals surface area (Å²) in [6, 6.07) is 3.85. The zero-order chi connectivity index (χ0) is 13.3. The van der Waals surface area contributed by atoms with Gasteiger partial charge in [-0.05, 0) is 6.92 Å². The number of nitrogens with zero attached hydrogens (tertiary/aromatic N) is 2. The fraction of sp³-hybridized carbons (Fsp3) is 0.462. The molecule has 0 spiro atoms. The molecule has 0 N–H and O–H groups in total. The Morgan fingerprint density at radius 3 is 2.47 bits per heavy atom. The van der Waals surface area contributed by atoms with E-state index >= 15 is 0 Å². The fourth-order valence-corrected chi connectivity index (χ4v) is 2.63. The molecular formula is C13H17Cl2IN2O. The quantitative estimate of drug-likeness (QED) is 0.516. The van der Waals surface area contributed by atoms with Gasteiger partial charge in [-0.3, -0.25) is 0 Å². The molecule has 0 atom stereocenters. The van der Waals surface area contributed by atoms with Crippen molar-refractivity contribution in [3.8, 4) is 0 Å². The van der Waals surface area contributed by atoms with E-state index in [0.29, 0.717) is 16.7 Å². The summed E-state index contributed by atoms with van der Waals surface area (Å²) in [6.07, 6.45) is 0. The normalized spacial score (nSPS) is 10.8. The maximum atomic E-state index is 6.11. The van der Waals surface area contributed by atoms with E-state index in [9.17, 15) is 0 Å². The molecule has 0 bridgehead atoms. The lowest BCUT2D eigenvalue weighted by Gasteiger charge is -1.99. The van der Waals surface area contributed by atoms with Crippen LogP contribution in [0.4, 0.5) is 0 Å². The molecule has 1 aromatic heterocycles. The number of aromatic nitrogens is 2. The highest BCUT2D eigenvalue weighted by Gasteiger charge is 2.21. The van der Waals surface area contributed by atoms with Crippen molar-refractivity contribution in [2.75, 3.05) is 13.7 Å². The Hall–Kier alpha value is -0.0400. The maximum Gasteiger partial charge on any atom is 0.254 e. The fourth-order valence-electron chi connectivity index (χ4n) is 2.32. The number of imidazole rings is 1. The minimum atomic E-state index is 0. The van der Waals surface area contributed by atoms with Crippen LogP contribution in [0.3, 0.4) is 0 Å². The predicted molar refractivity (Wildman–Crippen MR) is 74.4 cm³/mol. The van der Waals surface area contributed by atoms with Crippen LogP contribution in [0, 0.1) is 6.92 Å². The zero-order valence-corrected chi connectivity index (χ0v) is 14.9. The van der Waals surface area contributed by atoms with Crippen LogP contribution in [-0.4, -0.2) is 18.3 Å². The summed E-state index contributed by atoms with van der Waals surface area (Å²) in [5.41, 5.74) is 2.21. The maximum absolute atomic E-state index is 6.11. The van der Waals surface area contributed by atoms with Gasteiger partial charge in [0.25, 0.3) is 5.82 Å². The van der Waals surface area contributed by atoms with E-state index in [1.807, 2.05) is 12.1 Å². The summed E-state index contributed by atoms with van der Waals surface area (Å²) in [5.74, 6) is 1.18. The van der Waals surface area contributed by atoms with Crippen molar-refractivity contribution >= 4 is 34.2 Å². The number of hydrogen-bond donors (Lipinski definition) is 0. The molecule has 1 heterocycles. The van der Waals surface area contributed by atoms with Crippen LogP contribution in [-0.2, 0) is 17.8 Å². The van der Waals surface area contributed by atoms with Crippen molar-refractivity contribution in [1.82, 2.24) is 4.57 Å². The van der Waals surface area contributed by atoms with Gasteiger partial charge in [0.2, 0.25) is 0 Å². The van der Waals surface area contributed by atoms with Crippen LogP contribution in [0.15, 0.2) is 12.1 Å². The molecule has 0 aliphatic rings. The molecule has 6 heteroatoms. The van der Waals surface area contributed by atoms with E-state index in [4.69, 9.17) is 27.9 Å². The van der Waals surface area contributed by atoms with E-state index < -0.39 is 0 Å². The van der Waals surface area contributed by atoms with Crippen molar-refractivity contribution in [3.63, 3.8) is 0 Å². The summed E-state index contributed by atoms with van der Waals surface area (Å²) in [5, 5.41) is 1.18. The Morgan fingerprint density at radius 1 is 1.26 bits per heavy atom. The Bertz CT molecular complexity index is 584. The van der Waals surface area contributed by atoms with Gasteiger partial charge in [0.05, 0.1) is 23.2 Å². The lowest BCUT2D eigenvalue weighted by molar-refractivity contribution is -0.679. The molecule has 0 amide bonds. The van der Waals surface area contributed by atoms with Gasteiger partial charge in [0.1, 0.15) is 6.54 Å². The second-order valence-corrected chi connectivity index (χ2v) is 5.01. The summed E-state index contributed by atoms with van der Waals surface area (Å²) in [7, 11) is 1.71. The first-order chi connectivity index (χ1) is 8.60. The number of rotatable bonds is 4.